The highest BCUT2D eigenvalue weighted by molar-refractivity contribution is 5.39. The van der Waals surface area contributed by atoms with Crippen LogP contribution in [0.1, 0.15) is 22.7 Å². The molecule has 2 aromatic carbocycles. The number of ether oxygens (including phenoxy) is 1. The van der Waals surface area contributed by atoms with Crippen molar-refractivity contribution in [3.8, 4) is 5.75 Å². The van der Waals surface area contributed by atoms with Gasteiger partial charge < -0.3 is 10.5 Å². The quantitative estimate of drug-likeness (QED) is 0.925. The predicted octanol–water partition coefficient (Wildman–Crippen LogP) is 3.78. The number of hydrogen-bond acceptors (Lipinski definition) is 2. The normalized spacial score (nSPS) is 12.5. The average Bonchev–Trinajstić information content (AvgIpc) is 2.40. The summed E-state index contributed by atoms with van der Waals surface area (Å²) in [6, 6.07) is 9.83. The van der Waals surface area contributed by atoms with Crippen molar-refractivity contribution in [1.82, 2.24) is 0 Å². The van der Waals surface area contributed by atoms with Gasteiger partial charge in [-0.2, -0.15) is 8.78 Å². The first kappa shape index (κ1) is 14.4. The zero-order valence-corrected chi connectivity index (χ0v) is 10.8. The second-order valence-corrected chi connectivity index (χ2v) is 4.43. The van der Waals surface area contributed by atoms with Crippen molar-refractivity contribution in [2.24, 2.45) is 5.73 Å². The average molecular weight is 281 g/mol. The van der Waals surface area contributed by atoms with E-state index >= 15 is 0 Å². The van der Waals surface area contributed by atoms with E-state index in [0.29, 0.717) is 11.1 Å². The van der Waals surface area contributed by atoms with E-state index in [4.69, 9.17) is 5.73 Å². The molecule has 0 fully saturated rings. The first-order chi connectivity index (χ1) is 9.47. The molecule has 0 aromatic heterocycles. The van der Waals surface area contributed by atoms with Crippen molar-refractivity contribution in [2.75, 3.05) is 0 Å². The van der Waals surface area contributed by atoms with Gasteiger partial charge in [0.05, 0.1) is 6.04 Å². The molecule has 5 heteroatoms. The number of alkyl halides is 2. The Labute approximate surface area is 115 Å². The number of hydrogen-bond donors (Lipinski definition) is 1. The Morgan fingerprint density at radius 1 is 1.10 bits per heavy atom. The van der Waals surface area contributed by atoms with E-state index in [1.165, 1.54) is 24.3 Å². The van der Waals surface area contributed by atoms with Crippen molar-refractivity contribution in [3.05, 3.63) is 65.0 Å². The molecular weight excluding hydrogens is 267 g/mol. The van der Waals surface area contributed by atoms with Crippen LogP contribution in [0.4, 0.5) is 13.2 Å². The highest BCUT2D eigenvalue weighted by Gasteiger charge is 2.14. The Hall–Kier alpha value is -2.01. The molecule has 2 N–H and O–H groups in total. The molecule has 0 spiro atoms. The third-order valence-corrected chi connectivity index (χ3v) is 3.02. The minimum atomic E-state index is -2.89. The molecule has 20 heavy (non-hydrogen) atoms. The zero-order valence-electron chi connectivity index (χ0n) is 10.8. The molecule has 0 saturated heterocycles. The van der Waals surface area contributed by atoms with E-state index in [2.05, 4.69) is 4.74 Å². The highest BCUT2D eigenvalue weighted by Crippen LogP contribution is 2.26. The largest absolute Gasteiger partial charge is 0.435 e. The Kier molecular flexibility index (Phi) is 4.29. The van der Waals surface area contributed by atoms with Gasteiger partial charge in [0, 0.05) is 0 Å². The monoisotopic (exact) mass is 281 g/mol. The summed E-state index contributed by atoms with van der Waals surface area (Å²) >= 11 is 0. The molecule has 0 saturated carbocycles. The van der Waals surface area contributed by atoms with Crippen LogP contribution in [0, 0.1) is 12.7 Å². The summed E-state index contributed by atoms with van der Waals surface area (Å²) < 4.78 is 42.0. The maximum absolute atomic E-state index is 13.3. The van der Waals surface area contributed by atoms with E-state index in [0.717, 1.165) is 5.56 Å². The Balaban J connectivity index is 2.33. The molecule has 0 radical (unpaired) electrons. The Bertz CT molecular complexity index is 601. The first-order valence-corrected chi connectivity index (χ1v) is 6.04. The molecule has 0 bridgehead atoms. The SMILES string of the molecule is Cc1ccc(F)cc1C(N)c1cccc(OC(F)F)c1. The number of aryl methyl sites for hydroxylation is 1. The van der Waals surface area contributed by atoms with Crippen molar-refractivity contribution in [3.63, 3.8) is 0 Å². The molecule has 106 valence electrons. The number of benzene rings is 2. The van der Waals surface area contributed by atoms with Gasteiger partial charge in [0.25, 0.3) is 0 Å². The molecule has 0 heterocycles. The van der Waals surface area contributed by atoms with Gasteiger partial charge in [-0.15, -0.1) is 0 Å². The minimum absolute atomic E-state index is 0.0296. The van der Waals surface area contributed by atoms with Crippen molar-refractivity contribution in [1.29, 1.82) is 0 Å². The van der Waals surface area contributed by atoms with E-state index in [9.17, 15) is 13.2 Å². The van der Waals surface area contributed by atoms with Gasteiger partial charge in [0.2, 0.25) is 0 Å². The number of nitrogens with two attached hydrogens (primary N) is 1. The topological polar surface area (TPSA) is 35.2 Å². The highest BCUT2D eigenvalue weighted by atomic mass is 19.3. The van der Waals surface area contributed by atoms with Crippen molar-refractivity contribution >= 4 is 0 Å². The first-order valence-electron chi connectivity index (χ1n) is 6.04. The van der Waals surface area contributed by atoms with Gasteiger partial charge in [-0.1, -0.05) is 18.2 Å². The number of rotatable bonds is 4. The summed E-state index contributed by atoms with van der Waals surface area (Å²) in [7, 11) is 0. The fraction of sp³-hybridized carbons (Fsp3) is 0.200. The summed E-state index contributed by atoms with van der Waals surface area (Å²) in [6.07, 6.45) is 0. The van der Waals surface area contributed by atoms with E-state index in [1.807, 2.05) is 6.92 Å². The van der Waals surface area contributed by atoms with Crippen LogP contribution in [-0.4, -0.2) is 6.61 Å². The molecule has 1 atom stereocenters. The van der Waals surface area contributed by atoms with Crippen LogP contribution in [0.2, 0.25) is 0 Å². The maximum Gasteiger partial charge on any atom is 0.387 e. The lowest BCUT2D eigenvalue weighted by molar-refractivity contribution is -0.0498. The van der Waals surface area contributed by atoms with Crippen molar-refractivity contribution < 1.29 is 17.9 Å². The molecule has 2 nitrogen and oxygen atoms in total. The standard InChI is InChI=1S/C15H14F3NO/c1-9-5-6-11(16)8-13(9)14(19)10-3-2-4-12(7-10)20-15(17)18/h2-8,14-15H,19H2,1H3. The molecule has 0 aliphatic rings. The lowest BCUT2D eigenvalue weighted by atomic mass is 9.95. The van der Waals surface area contributed by atoms with Gasteiger partial charge in [-0.05, 0) is 47.9 Å². The van der Waals surface area contributed by atoms with Gasteiger partial charge in [0.1, 0.15) is 11.6 Å². The summed E-state index contributed by atoms with van der Waals surface area (Å²) in [4.78, 5) is 0. The fourth-order valence-electron chi connectivity index (χ4n) is 2.01. The number of halogens is 3. The van der Waals surface area contributed by atoms with Crippen LogP contribution in [-0.2, 0) is 0 Å². The van der Waals surface area contributed by atoms with Crippen LogP contribution in [0.15, 0.2) is 42.5 Å². The maximum atomic E-state index is 13.3. The van der Waals surface area contributed by atoms with Gasteiger partial charge in [-0.3, -0.25) is 0 Å². The zero-order chi connectivity index (χ0) is 14.7. The Morgan fingerprint density at radius 3 is 2.55 bits per heavy atom. The molecular formula is C15H14F3NO. The molecule has 1 unspecified atom stereocenters. The fourth-order valence-corrected chi connectivity index (χ4v) is 2.01. The Morgan fingerprint density at radius 2 is 1.85 bits per heavy atom. The van der Waals surface area contributed by atoms with Crippen LogP contribution in [0.25, 0.3) is 0 Å². The van der Waals surface area contributed by atoms with Gasteiger partial charge in [0.15, 0.2) is 0 Å². The van der Waals surface area contributed by atoms with Gasteiger partial charge in [-0.25, -0.2) is 4.39 Å². The summed E-state index contributed by atoms with van der Waals surface area (Å²) in [6.45, 7) is -1.08. The van der Waals surface area contributed by atoms with Crippen LogP contribution in [0.3, 0.4) is 0 Å². The predicted molar refractivity (Wildman–Crippen MR) is 70.2 cm³/mol. The van der Waals surface area contributed by atoms with Gasteiger partial charge >= 0.3 is 6.61 Å². The lowest BCUT2D eigenvalue weighted by Crippen LogP contribution is -2.14. The van der Waals surface area contributed by atoms with E-state index in [-0.39, 0.29) is 11.6 Å². The molecule has 0 aliphatic heterocycles. The summed E-state index contributed by atoms with van der Waals surface area (Å²) in [5, 5.41) is 0. The second-order valence-electron chi connectivity index (χ2n) is 4.43. The third-order valence-electron chi connectivity index (χ3n) is 3.02. The smallest absolute Gasteiger partial charge is 0.387 e. The van der Waals surface area contributed by atoms with Crippen molar-refractivity contribution in [2.45, 2.75) is 19.6 Å². The minimum Gasteiger partial charge on any atom is -0.435 e. The molecule has 2 aromatic rings. The summed E-state index contributed by atoms with van der Waals surface area (Å²) in [5.41, 5.74) is 8.10. The third kappa shape index (κ3) is 3.30. The van der Waals surface area contributed by atoms with E-state index in [1.54, 1.807) is 18.2 Å². The molecule has 0 aliphatic carbocycles. The molecule has 0 amide bonds. The second kappa shape index (κ2) is 5.96. The molecule has 2 rings (SSSR count). The van der Waals surface area contributed by atoms with E-state index < -0.39 is 12.7 Å². The van der Waals surface area contributed by atoms with Crippen LogP contribution < -0.4 is 10.5 Å². The summed E-state index contributed by atoms with van der Waals surface area (Å²) in [5.74, 6) is -0.358. The lowest BCUT2D eigenvalue weighted by Gasteiger charge is -2.16. The van der Waals surface area contributed by atoms with Crippen LogP contribution in [0.5, 0.6) is 5.75 Å². The van der Waals surface area contributed by atoms with Crippen LogP contribution >= 0.6 is 0 Å².